The summed E-state index contributed by atoms with van der Waals surface area (Å²) in [6.07, 6.45) is 0. The summed E-state index contributed by atoms with van der Waals surface area (Å²) in [5.41, 5.74) is 1.89. The lowest BCUT2D eigenvalue weighted by Gasteiger charge is -2.10. The molecule has 0 heterocycles. The number of hydrogen-bond acceptors (Lipinski definition) is 3. The first-order valence-electron chi connectivity index (χ1n) is 5.33. The van der Waals surface area contributed by atoms with E-state index in [1.54, 1.807) is 31.2 Å². The summed E-state index contributed by atoms with van der Waals surface area (Å²) in [4.78, 5) is 0. The number of rotatable bonds is 2. The molecule has 2 aromatic rings. The van der Waals surface area contributed by atoms with Crippen molar-refractivity contribution < 1.29 is 14.9 Å². The van der Waals surface area contributed by atoms with Crippen LogP contribution in [0.2, 0.25) is 0 Å². The first-order chi connectivity index (χ1) is 8.06. The lowest BCUT2D eigenvalue weighted by atomic mass is 10.2. The second-order valence-electron chi connectivity index (χ2n) is 4.05. The van der Waals surface area contributed by atoms with Crippen molar-refractivity contribution in [2.24, 2.45) is 0 Å². The van der Waals surface area contributed by atoms with E-state index >= 15 is 0 Å². The van der Waals surface area contributed by atoms with Crippen LogP contribution in [-0.2, 0) is 0 Å². The molecule has 0 fully saturated rings. The van der Waals surface area contributed by atoms with Gasteiger partial charge >= 0.3 is 0 Å². The van der Waals surface area contributed by atoms with E-state index in [-0.39, 0.29) is 17.2 Å². The molecular weight excluding hydrogens is 216 g/mol. The second-order valence-corrected chi connectivity index (χ2v) is 4.05. The number of aromatic hydroxyl groups is 2. The normalized spacial score (nSPS) is 10.2. The molecule has 3 nitrogen and oxygen atoms in total. The first kappa shape index (κ1) is 11.3. The Morgan fingerprint density at radius 3 is 1.88 bits per heavy atom. The highest BCUT2D eigenvalue weighted by atomic mass is 16.5. The average Bonchev–Trinajstić information content (AvgIpc) is 2.26. The fraction of sp³-hybridized carbons (Fsp3) is 0.143. The third kappa shape index (κ3) is 2.50. The zero-order valence-electron chi connectivity index (χ0n) is 9.77. The number of phenolic OH excluding ortho intramolecular Hbond substituents is 2. The number of benzene rings is 2. The smallest absolute Gasteiger partial charge is 0.210 e. The maximum absolute atomic E-state index is 9.70. The van der Waals surface area contributed by atoms with E-state index in [1.165, 1.54) is 0 Å². The minimum Gasteiger partial charge on any atom is -0.504 e. The van der Waals surface area contributed by atoms with E-state index in [1.807, 2.05) is 19.1 Å². The molecule has 0 aliphatic carbocycles. The highest BCUT2D eigenvalue weighted by Gasteiger charge is 2.10. The van der Waals surface area contributed by atoms with Gasteiger partial charge in [-0.05, 0) is 43.7 Å². The van der Waals surface area contributed by atoms with Crippen molar-refractivity contribution in [1.29, 1.82) is 0 Å². The third-order valence-corrected chi connectivity index (χ3v) is 2.43. The van der Waals surface area contributed by atoms with Gasteiger partial charge in [-0.25, -0.2) is 0 Å². The topological polar surface area (TPSA) is 49.7 Å². The minimum absolute atomic E-state index is 0.0666. The molecule has 17 heavy (non-hydrogen) atoms. The molecule has 2 rings (SSSR count). The molecule has 2 N–H and O–H groups in total. The molecule has 0 spiro atoms. The van der Waals surface area contributed by atoms with Crippen LogP contribution in [0.5, 0.6) is 23.0 Å². The van der Waals surface area contributed by atoms with Gasteiger partial charge in [0.1, 0.15) is 5.75 Å². The quantitative estimate of drug-likeness (QED) is 0.830. The Labute approximate surface area is 99.9 Å². The van der Waals surface area contributed by atoms with Crippen LogP contribution < -0.4 is 4.74 Å². The molecule has 0 aliphatic rings. The fourth-order valence-corrected chi connectivity index (χ4v) is 1.56. The van der Waals surface area contributed by atoms with Gasteiger partial charge in [0.05, 0.1) is 0 Å². The molecule has 2 aromatic carbocycles. The molecule has 0 atom stereocenters. The summed E-state index contributed by atoms with van der Waals surface area (Å²) in [5, 5.41) is 19.4. The fourth-order valence-electron chi connectivity index (χ4n) is 1.56. The van der Waals surface area contributed by atoms with Crippen molar-refractivity contribution in [3.8, 4) is 23.0 Å². The Hall–Kier alpha value is -2.16. The Balaban J connectivity index is 2.33. The highest BCUT2D eigenvalue weighted by molar-refractivity contribution is 5.53. The third-order valence-electron chi connectivity index (χ3n) is 2.43. The van der Waals surface area contributed by atoms with Crippen LogP contribution >= 0.6 is 0 Å². The Bertz CT molecular complexity index is 507. The zero-order chi connectivity index (χ0) is 12.4. The molecular formula is C14H14O3. The van der Waals surface area contributed by atoms with Gasteiger partial charge in [0, 0.05) is 0 Å². The predicted molar refractivity (Wildman–Crippen MR) is 65.8 cm³/mol. The van der Waals surface area contributed by atoms with Gasteiger partial charge in [-0.3, -0.25) is 0 Å². The molecule has 88 valence electrons. The van der Waals surface area contributed by atoms with Crippen LogP contribution in [0, 0.1) is 13.8 Å². The lowest BCUT2D eigenvalue weighted by molar-refractivity contribution is 0.375. The molecule has 0 saturated heterocycles. The number of hydrogen-bond donors (Lipinski definition) is 2. The maximum atomic E-state index is 9.70. The summed E-state index contributed by atoms with van der Waals surface area (Å²) in [5.74, 6) is 0.524. The molecule has 0 aliphatic heterocycles. The second kappa shape index (κ2) is 4.37. The maximum Gasteiger partial charge on any atom is 0.210 e. The molecule has 0 amide bonds. The van der Waals surface area contributed by atoms with Crippen molar-refractivity contribution in [2.45, 2.75) is 13.8 Å². The van der Waals surface area contributed by atoms with Gasteiger partial charge < -0.3 is 14.9 Å². The van der Waals surface area contributed by atoms with Crippen molar-refractivity contribution >= 4 is 0 Å². The SMILES string of the molecule is Cc1ccc(Oc2c(O)cc(C)cc2O)cc1. The lowest BCUT2D eigenvalue weighted by Crippen LogP contribution is -1.87. The summed E-state index contributed by atoms with van der Waals surface area (Å²) in [6.45, 7) is 3.76. The van der Waals surface area contributed by atoms with E-state index in [2.05, 4.69) is 0 Å². The molecule has 0 aromatic heterocycles. The summed E-state index contributed by atoms with van der Waals surface area (Å²) in [6, 6.07) is 10.5. The number of phenols is 2. The van der Waals surface area contributed by atoms with Crippen LogP contribution in [-0.4, -0.2) is 10.2 Å². The number of ether oxygens (including phenoxy) is 1. The van der Waals surface area contributed by atoms with Crippen molar-refractivity contribution in [3.63, 3.8) is 0 Å². The molecule has 3 heteroatoms. The van der Waals surface area contributed by atoms with Crippen molar-refractivity contribution in [3.05, 3.63) is 47.5 Å². The summed E-state index contributed by atoms with van der Waals surface area (Å²) in [7, 11) is 0. The van der Waals surface area contributed by atoms with Crippen LogP contribution in [0.1, 0.15) is 11.1 Å². The molecule has 0 unspecified atom stereocenters. The van der Waals surface area contributed by atoms with E-state index in [0.717, 1.165) is 11.1 Å². The molecule has 0 bridgehead atoms. The van der Waals surface area contributed by atoms with E-state index < -0.39 is 0 Å². The van der Waals surface area contributed by atoms with E-state index in [4.69, 9.17) is 4.74 Å². The van der Waals surface area contributed by atoms with Crippen molar-refractivity contribution in [1.82, 2.24) is 0 Å². The monoisotopic (exact) mass is 230 g/mol. The van der Waals surface area contributed by atoms with Gasteiger partial charge in [-0.2, -0.15) is 0 Å². The summed E-state index contributed by atoms with van der Waals surface area (Å²) < 4.78 is 5.45. The first-order valence-corrected chi connectivity index (χ1v) is 5.33. The Morgan fingerprint density at radius 1 is 0.824 bits per heavy atom. The molecule has 0 radical (unpaired) electrons. The van der Waals surface area contributed by atoms with Gasteiger partial charge in [0.25, 0.3) is 0 Å². The summed E-state index contributed by atoms with van der Waals surface area (Å²) >= 11 is 0. The van der Waals surface area contributed by atoms with E-state index in [0.29, 0.717) is 5.75 Å². The Kier molecular flexibility index (Phi) is 2.91. The van der Waals surface area contributed by atoms with Crippen LogP contribution in [0.15, 0.2) is 36.4 Å². The number of aryl methyl sites for hydroxylation is 2. The predicted octanol–water partition coefficient (Wildman–Crippen LogP) is 3.51. The van der Waals surface area contributed by atoms with Crippen molar-refractivity contribution in [2.75, 3.05) is 0 Å². The zero-order valence-corrected chi connectivity index (χ0v) is 9.77. The van der Waals surface area contributed by atoms with Crippen LogP contribution in [0.4, 0.5) is 0 Å². The van der Waals surface area contributed by atoms with Crippen LogP contribution in [0.3, 0.4) is 0 Å². The van der Waals surface area contributed by atoms with Gasteiger partial charge in [0.2, 0.25) is 5.75 Å². The largest absolute Gasteiger partial charge is 0.504 e. The minimum atomic E-state index is -0.0666. The molecule has 0 saturated carbocycles. The Morgan fingerprint density at radius 2 is 1.35 bits per heavy atom. The van der Waals surface area contributed by atoms with E-state index in [9.17, 15) is 10.2 Å². The average molecular weight is 230 g/mol. The standard InChI is InChI=1S/C14H14O3/c1-9-3-5-11(6-4-9)17-14-12(15)7-10(2)8-13(14)16/h3-8,15-16H,1-2H3. The van der Waals surface area contributed by atoms with Gasteiger partial charge in [-0.1, -0.05) is 17.7 Å². The highest BCUT2D eigenvalue weighted by Crippen LogP contribution is 2.39. The van der Waals surface area contributed by atoms with Gasteiger partial charge in [-0.15, -0.1) is 0 Å². The van der Waals surface area contributed by atoms with Gasteiger partial charge in [0.15, 0.2) is 11.5 Å². The van der Waals surface area contributed by atoms with Crippen LogP contribution in [0.25, 0.3) is 0 Å².